The lowest BCUT2D eigenvalue weighted by atomic mass is 9.83. The molecular formula is C60H38S2. The molecule has 13 rings (SSSR count). The van der Waals surface area contributed by atoms with Gasteiger partial charge in [0.05, 0.1) is 0 Å². The van der Waals surface area contributed by atoms with E-state index in [9.17, 15) is 0 Å². The van der Waals surface area contributed by atoms with Crippen LogP contribution in [0.3, 0.4) is 0 Å². The highest BCUT2D eigenvalue weighted by Gasteiger charge is 2.31. The Morgan fingerprint density at radius 3 is 1.73 bits per heavy atom. The van der Waals surface area contributed by atoms with E-state index in [1.54, 1.807) is 0 Å². The molecule has 0 spiro atoms. The largest absolute Gasteiger partial charge is 0.135 e. The number of benzene rings is 10. The first-order valence-electron chi connectivity index (χ1n) is 21.5. The summed E-state index contributed by atoms with van der Waals surface area (Å²) < 4.78 is 2.66. The molecule has 11 aromatic rings. The molecule has 1 aromatic heterocycles. The summed E-state index contributed by atoms with van der Waals surface area (Å²) in [7, 11) is 0. The van der Waals surface area contributed by atoms with E-state index in [0.29, 0.717) is 11.2 Å². The van der Waals surface area contributed by atoms with Crippen molar-refractivity contribution in [1.82, 2.24) is 0 Å². The summed E-state index contributed by atoms with van der Waals surface area (Å²) >= 11 is 3.86. The van der Waals surface area contributed by atoms with Crippen molar-refractivity contribution >= 4 is 75.6 Å². The number of thioether (sulfide) groups is 1. The Labute approximate surface area is 369 Å². The maximum atomic E-state index is 2.46. The van der Waals surface area contributed by atoms with Crippen LogP contribution in [-0.2, 0) is 0 Å². The first kappa shape index (κ1) is 35.8. The van der Waals surface area contributed by atoms with Crippen LogP contribution in [-0.4, -0.2) is 5.25 Å². The molecule has 1 aliphatic carbocycles. The van der Waals surface area contributed by atoms with Crippen LogP contribution < -0.4 is 0 Å². The SMILES string of the molecule is C1=CC2Sc3ccc(-c4cccc(-c5c6ccccc6c(-c6cccc(-c7ccc8sc9ccccc9c8c7)c6)c6cc(-c7cccc8ccccc78)ccc56)c4)cc3C2C=C1. The Kier molecular flexibility index (Phi) is 8.25. The van der Waals surface area contributed by atoms with Gasteiger partial charge in [-0.15, -0.1) is 23.1 Å². The number of fused-ring (bicyclic) bond motifs is 9. The van der Waals surface area contributed by atoms with Gasteiger partial charge >= 0.3 is 0 Å². The van der Waals surface area contributed by atoms with Crippen molar-refractivity contribution in [3.8, 4) is 55.6 Å². The van der Waals surface area contributed by atoms with Crippen LogP contribution in [0.4, 0.5) is 0 Å². The number of rotatable bonds is 5. The summed E-state index contributed by atoms with van der Waals surface area (Å²) in [6, 6.07) is 73.0. The van der Waals surface area contributed by atoms with Gasteiger partial charge in [-0.2, -0.15) is 0 Å². The van der Waals surface area contributed by atoms with Crippen LogP contribution in [0.2, 0.25) is 0 Å². The first-order valence-corrected chi connectivity index (χ1v) is 23.2. The summed E-state index contributed by atoms with van der Waals surface area (Å²) in [4.78, 5) is 1.40. The van der Waals surface area contributed by atoms with Crippen LogP contribution in [0.15, 0.2) is 223 Å². The van der Waals surface area contributed by atoms with Crippen molar-refractivity contribution in [2.75, 3.05) is 0 Å². The zero-order chi connectivity index (χ0) is 40.7. The second-order valence-electron chi connectivity index (χ2n) is 16.7. The highest BCUT2D eigenvalue weighted by Crippen LogP contribution is 2.50. The van der Waals surface area contributed by atoms with Gasteiger partial charge in [0.2, 0.25) is 0 Å². The van der Waals surface area contributed by atoms with E-state index in [2.05, 4.69) is 218 Å². The van der Waals surface area contributed by atoms with E-state index in [0.717, 1.165) is 0 Å². The van der Waals surface area contributed by atoms with Gasteiger partial charge in [0.1, 0.15) is 0 Å². The molecule has 0 amide bonds. The van der Waals surface area contributed by atoms with Crippen LogP contribution >= 0.6 is 23.1 Å². The Hall–Kier alpha value is -6.97. The monoisotopic (exact) mass is 822 g/mol. The molecule has 2 atom stereocenters. The zero-order valence-electron chi connectivity index (χ0n) is 33.8. The van der Waals surface area contributed by atoms with E-state index < -0.39 is 0 Å². The predicted octanol–water partition coefficient (Wildman–Crippen LogP) is 17.5. The van der Waals surface area contributed by atoms with E-state index in [4.69, 9.17) is 0 Å². The third kappa shape index (κ3) is 5.75. The summed E-state index contributed by atoms with van der Waals surface area (Å²) in [5.41, 5.74) is 13.9. The molecule has 290 valence electrons. The van der Waals surface area contributed by atoms with Gasteiger partial charge in [0.25, 0.3) is 0 Å². The summed E-state index contributed by atoms with van der Waals surface area (Å²) in [6.07, 6.45) is 9.12. The van der Waals surface area contributed by atoms with Gasteiger partial charge in [-0.3, -0.25) is 0 Å². The minimum absolute atomic E-state index is 0.427. The third-order valence-electron chi connectivity index (χ3n) is 13.2. The molecule has 10 aromatic carbocycles. The Morgan fingerprint density at radius 2 is 0.903 bits per heavy atom. The van der Waals surface area contributed by atoms with Crippen molar-refractivity contribution in [3.63, 3.8) is 0 Å². The average molecular weight is 823 g/mol. The minimum atomic E-state index is 0.427. The van der Waals surface area contributed by atoms with Gasteiger partial charge in [0.15, 0.2) is 0 Å². The lowest BCUT2D eigenvalue weighted by Crippen LogP contribution is -2.06. The van der Waals surface area contributed by atoms with Crippen LogP contribution in [0, 0.1) is 0 Å². The second kappa shape index (κ2) is 14.3. The Balaban J connectivity index is 1.03. The lowest BCUT2D eigenvalue weighted by molar-refractivity contribution is 0.881. The predicted molar refractivity (Wildman–Crippen MR) is 270 cm³/mol. The van der Waals surface area contributed by atoms with Crippen molar-refractivity contribution < 1.29 is 0 Å². The third-order valence-corrected chi connectivity index (χ3v) is 15.7. The molecule has 0 saturated carbocycles. The molecular weight excluding hydrogens is 785 g/mol. The van der Waals surface area contributed by atoms with Crippen LogP contribution in [0.5, 0.6) is 0 Å². The van der Waals surface area contributed by atoms with E-state index >= 15 is 0 Å². The fourth-order valence-electron chi connectivity index (χ4n) is 10.3. The average Bonchev–Trinajstić information content (AvgIpc) is 3.91. The first-order chi connectivity index (χ1) is 30.7. The molecule has 62 heavy (non-hydrogen) atoms. The Morgan fingerprint density at radius 1 is 0.339 bits per heavy atom. The van der Waals surface area contributed by atoms with Gasteiger partial charge in [0, 0.05) is 36.2 Å². The summed E-state index contributed by atoms with van der Waals surface area (Å²) in [6.45, 7) is 0. The van der Waals surface area contributed by atoms with Crippen LogP contribution in [0.25, 0.3) is 108 Å². The van der Waals surface area contributed by atoms with Crippen molar-refractivity contribution in [2.45, 2.75) is 16.1 Å². The van der Waals surface area contributed by atoms with E-state index in [-0.39, 0.29) is 0 Å². The zero-order valence-corrected chi connectivity index (χ0v) is 35.4. The number of thiophene rings is 1. The number of hydrogen-bond donors (Lipinski definition) is 0. The molecule has 2 heteroatoms. The summed E-state index contributed by atoms with van der Waals surface area (Å²) in [5.74, 6) is 0.427. The highest BCUT2D eigenvalue weighted by molar-refractivity contribution is 8.00. The normalized spacial score (nSPS) is 15.5. The summed E-state index contributed by atoms with van der Waals surface area (Å²) in [5, 5.41) is 10.7. The lowest BCUT2D eigenvalue weighted by Gasteiger charge is -2.20. The van der Waals surface area contributed by atoms with Gasteiger partial charge in [-0.05, 0) is 142 Å². The van der Waals surface area contributed by atoms with Gasteiger partial charge in [-0.1, -0.05) is 170 Å². The molecule has 0 fully saturated rings. The molecule has 0 radical (unpaired) electrons. The van der Waals surface area contributed by atoms with Gasteiger partial charge in [-0.25, -0.2) is 0 Å². The maximum absolute atomic E-state index is 2.46. The van der Waals surface area contributed by atoms with Crippen molar-refractivity contribution in [3.05, 3.63) is 224 Å². The van der Waals surface area contributed by atoms with Crippen LogP contribution in [0.1, 0.15) is 11.5 Å². The van der Waals surface area contributed by atoms with Gasteiger partial charge < -0.3 is 0 Å². The molecule has 0 N–H and O–H groups in total. The molecule has 2 heterocycles. The maximum Gasteiger partial charge on any atom is 0.0381 e. The fourth-order valence-corrected chi connectivity index (χ4v) is 12.7. The van der Waals surface area contributed by atoms with Crippen molar-refractivity contribution in [1.29, 1.82) is 0 Å². The Bertz CT molecular complexity index is 3690. The molecule has 0 bridgehead atoms. The smallest absolute Gasteiger partial charge is 0.0381 e. The van der Waals surface area contributed by atoms with Crippen molar-refractivity contribution in [2.24, 2.45) is 0 Å². The standard InChI is InChI=1S/C60H38S2/c1-2-18-45-37(12-1)13-11-23-46(45)42-26-29-51-54(36-42)60(44-17-10-15-39(33-44)41-28-31-58-53(35-41)48-20-6-8-25-56(48)62-58)50-22-4-3-21-49(50)59(51)43-16-9-14-38(32-43)40-27-30-57-52(34-40)47-19-5-7-24-55(47)61-57/h1-36,47,55H. The second-order valence-corrected chi connectivity index (χ2v) is 19.0. The minimum Gasteiger partial charge on any atom is -0.135 e. The fraction of sp³-hybridized carbons (Fsp3) is 0.0333. The molecule has 1 aliphatic heterocycles. The molecule has 2 aliphatic rings. The quantitative estimate of drug-likeness (QED) is 0.156. The number of hydrogen-bond acceptors (Lipinski definition) is 2. The highest BCUT2D eigenvalue weighted by atomic mass is 32.2. The van der Waals surface area contributed by atoms with E-state index in [1.807, 2.05) is 23.1 Å². The molecule has 0 saturated heterocycles. The molecule has 0 nitrogen and oxygen atoms in total. The van der Waals surface area contributed by atoms with E-state index in [1.165, 1.54) is 119 Å². The molecule has 2 unspecified atom stereocenters. The topological polar surface area (TPSA) is 0 Å². The number of allylic oxidation sites excluding steroid dienone is 3.